The lowest BCUT2D eigenvalue weighted by Gasteiger charge is -2.08. The number of halogens is 1. The molecule has 0 atom stereocenters. The molecule has 25 heavy (non-hydrogen) atoms. The monoisotopic (exact) mass is 366 g/mol. The van der Waals surface area contributed by atoms with Crippen LogP contribution in [0.25, 0.3) is 10.1 Å². The zero-order valence-electron chi connectivity index (χ0n) is 13.3. The molecule has 0 spiro atoms. The Morgan fingerprint density at radius 3 is 2.32 bits per heavy atom. The summed E-state index contributed by atoms with van der Waals surface area (Å²) in [7, 11) is 0. The van der Waals surface area contributed by atoms with Crippen molar-refractivity contribution in [2.75, 3.05) is 0 Å². The minimum absolute atomic E-state index is 0.513. The molecular weight excluding hydrogens is 352 g/mol. The van der Waals surface area contributed by atoms with Crippen LogP contribution in [-0.4, -0.2) is 0 Å². The van der Waals surface area contributed by atoms with Gasteiger partial charge in [-0.2, -0.15) is 0 Å². The summed E-state index contributed by atoms with van der Waals surface area (Å²) in [6, 6.07) is 23.3. The molecule has 124 valence electrons. The number of hydrogen-bond donors (Lipinski definition) is 0. The van der Waals surface area contributed by atoms with Crippen LogP contribution in [0.5, 0.6) is 17.2 Å². The Morgan fingerprint density at radius 2 is 1.52 bits per heavy atom. The molecule has 4 aromatic rings. The van der Waals surface area contributed by atoms with Gasteiger partial charge in [0.2, 0.25) is 0 Å². The number of benzene rings is 3. The fourth-order valence-electron chi connectivity index (χ4n) is 2.56. The minimum Gasteiger partial charge on any atom is -0.489 e. The second kappa shape index (κ2) is 7.18. The Bertz CT molecular complexity index is 978. The number of ether oxygens (including phenoxy) is 2. The maximum absolute atomic E-state index is 6.10. The average Bonchev–Trinajstić information content (AvgIpc) is 3.04. The zero-order chi connectivity index (χ0) is 17.1. The van der Waals surface area contributed by atoms with Crippen LogP contribution in [0.1, 0.15) is 5.56 Å². The van der Waals surface area contributed by atoms with Crippen LogP contribution in [-0.2, 0) is 6.61 Å². The quantitative estimate of drug-likeness (QED) is 0.381. The predicted octanol–water partition coefficient (Wildman–Crippen LogP) is 6.93. The molecule has 0 bridgehead atoms. The van der Waals surface area contributed by atoms with E-state index in [4.69, 9.17) is 21.1 Å². The summed E-state index contributed by atoms with van der Waals surface area (Å²) in [6.07, 6.45) is 0. The van der Waals surface area contributed by atoms with E-state index in [0.29, 0.717) is 6.61 Å². The Balaban J connectivity index is 1.43. The van der Waals surface area contributed by atoms with Crippen LogP contribution in [0.3, 0.4) is 0 Å². The fourth-order valence-corrected chi connectivity index (χ4v) is 3.66. The largest absolute Gasteiger partial charge is 0.489 e. The highest BCUT2D eigenvalue weighted by molar-refractivity contribution is 7.17. The molecule has 3 aromatic carbocycles. The first-order chi connectivity index (χ1) is 12.3. The number of rotatable bonds is 5. The maximum atomic E-state index is 6.10. The van der Waals surface area contributed by atoms with E-state index in [2.05, 4.69) is 5.38 Å². The standard InChI is InChI=1S/C21H15ClO2S/c22-16-6-11-21-20(12-16)15(14-25-21)13-23-17-7-9-19(10-8-17)24-18-4-2-1-3-5-18/h1-12,14H,13H2. The summed E-state index contributed by atoms with van der Waals surface area (Å²) >= 11 is 7.80. The zero-order valence-corrected chi connectivity index (χ0v) is 14.9. The van der Waals surface area contributed by atoms with Crippen LogP contribution in [0, 0.1) is 0 Å². The molecule has 0 radical (unpaired) electrons. The summed E-state index contributed by atoms with van der Waals surface area (Å²) < 4.78 is 12.9. The maximum Gasteiger partial charge on any atom is 0.127 e. The molecular formula is C21H15ClO2S. The van der Waals surface area contributed by atoms with Gasteiger partial charge in [-0.1, -0.05) is 29.8 Å². The SMILES string of the molecule is Clc1ccc2scc(COc3ccc(Oc4ccccc4)cc3)c2c1. The third-order valence-corrected chi connectivity index (χ3v) is 5.06. The van der Waals surface area contributed by atoms with E-state index < -0.39 is 0 Å². The Hall–Kier alpha value is -2.49. The summed E-state index contributed by atoms with van der Waals surface area (Å²) in [6.45, 7) is 0.513. The molecule has 0 amide bonds. The van der Waals surface area contributed by atoms with Gasteiger partial charge in [-0.3, -0.25) is 0 Å². The highest BCUT2D eigenvalue weighted by atomic mass is 35.5. The van der Waals surface area contributed by atoms with Gasteiger partial charge in [-0.05, 0) is 60.0 Å². The van der Waals surface area contributed by atoms with Gasteiger partial charge in [0.15, 0.2) is 0 Å². The lowest BCUT2D eigenvalue weighted by molar-refractivity contribution is 0.307. The average molecular weight is 367 g/mol. The third-order valence-electron chi connectivity index (χ3n) is 3.81. The third kappa shape index (κ3) is 3.78. The molecule has 2 nitrogen and oxygen atoms in total. The molecule has 0 unspecified atom stereocenters. The lowest BCUT2D eigenvalue weighted by atomic mass is 10.2. The first kappa shape index (κ1) is 16.0. The van der Waals surface area contributed by atoms with Crippen molar-refractivity contribution in [1.82, 2.24) is 0 Å². The Morgan fingerprint density at radius 1 is 0.800 bits per heavy atom. The molecule has 4 heteroatoms. The van der Waals surface area contributed by atoms with Crippen molar-refractivity contribution in [2.45, 2.75) is 6.61 Å². The summed E-state index contributed by atoms with van der Waals surface area (Å²) in [5.74, 6) is 2.41. The van der Waals surface area contributed by atoms with Crippen molar-refractivity contribution < 1.29 is 9.47 Å². The van der Waals surface area contributed by atoms with Crippen molar-refractivity contribution in [2.24, 2.45) is 0 Å². The summed E-state index contributed by atoms with van der Waals surface area (Å²) in [5.41, 5.74) is 1.15. The Kier molecular flexibility index (Phi) is 4.59. The van der Waals surface area contributed by atoms with Gasteiger partial charge in [0, 0.05) is 20.7 Å². The number of para-hydroxylation sites is 1. The van der Waals surface area contributed by atoms with Crippen LogP contribution in [0.15, 0.2) is 78.2 Å². The smallest absolute Gasteiger partial charge is 0.127 e. The molecule has 0 aliphatic rings. The Labute approximate surface area is 155 Å². The molecule has 0 aliphatic heterocycles. The molecule has 4 rings (SSSR count). The highest BCUT2D eigenvalue weighted by Crippen LogP contribution is 2.30. The molecule has 0 fully saturated rings. The van der Waals surface area contributed by atoms with Crippen LogP contribution in [0.4, 0.5) is 0 Å². The number of thiophene rings is 1. The summed E-state index contributed by atoms with van der Waals surface area (Å²) in [5, 5.41) is 4.02. The van der Waals surface area contributed by atoms with E-state index in [9.17, 15) is 0 Å². The van der Waals surface area contributed by atoms with E-state index in [1.54, 1.807) is 11.3 Å². The van der Waals surface area contributed by atoms with Crippen molar-refractivity contribution in [3.8, 4) is 17.2 Å². The van der Waals surface area contributed by atoms with Gasteiger partial charge >= 0.3 is 0 Å². The van der Waals surface area contributed by atoms with Crippen molar-refractivity contribution in [3.63, 3.8) is 0 Å². The van der Waals surface area contributed by atoms with Crippen molar-refractivity contribution in [3.05, 3.63) is 88.8 Å². The lowest BCUT2D eigenvalue weighted by Crippen LogP contribution is -1.94. The normalized spacial score (nSPS) is 10.8. The van der Waals surface area contributed by atoms with Crippen LogP contribution in [0.2, 0.25) is 5.02 Å². The van der Waals surface area contributed by atoms with Gasteiger partial charge in [-0.25, -0.2) is 0 Å². The topological polar surface area (TPSA) is 18.5 Å². The van der Waals surface area contributed by atoms with Crippen LogP contribution < -0.4 is 9.47 Å². The van der Waals surface area contributed by atoms with E-state index in [0.717, 1.165) is 33.2 Å². The van der Waals surface area contributed by atoms with Gasteiger partial charge in [0.25, 0.3) is 0 Å². The van der Waals surface area contributed by atoms with Gasteiger partial charge < -0.3 is 9.47 Å². The van der Waals surface area contributed by atoms with Gasteiger partial charge in [-0.15, -0.1) is 11.3 Å². The molecule has 1 aromatic heterocycles. The van der Waals surface area contributed by atoms with Crippen molar-refractivity contribution in [1.29, 1.82) is 0 Å². The first-order valence-corrected chi connectivity index (χ1v) is 9.15. The van der Waals surface area contributed by atoms with E-state index >= 15 is 0 Å². The molecule has 0 N–H and O–H groups in total. The predicted molar refractivity (Wildman–Crippen MR) is 104 cm³/mol. The van der Waals surface area contributed by atoms with Crippen molar-refractivity contribution >= 4 is 33.0 Å². The summed E-state index contributed by atoms with van der Waals surface area (Å²) in [4.78, 5) is 0. The molecule has 0 saturated heterocycles. The molecule has 1 heterocycles. The second-order valence-corrected chi connectivity index (χ2v) is 6.92. The van der Waals surface area contributed by atoms with Gasteiger partial charge in [0.1, 0.15) is 23.9 Å². The van der Waals surface area contributed by atoms with E-state index in [-0.39, 0.29) is 0 Å². The van der Waals surface area contributed by atoms with Gasteiger partial charge in [0.05, 0.1) is 0 Å². The number of fused-ring (bicyclic) bond motifs is 1. The van der Waals surface area contributed by atoms with E-state index in [1.807, 2.05) is 72.8 Å². The molecule has 0 saturated carbocycles. The minimum atomic E-state index is 0.513. The fraction of sp³-hybridized carbons (Fsp3) is 0.0476. The molecule has 0 aliphatic carbocycles. The number of hydrogen-bond acceptors (Lipinski definition) is 3. The van der Waals surface area contributed by atoms with E-state index in [1.165, 1.54) is 4.70 Å². The highest BCUT2D eigenvalue weighted by Gasteiger charge is 2.06. The first-order valence-electron chi connectivity index (χ1n) is 7.89. The van der Waals surface area contributed by atoms with Crippen LogP contribution >= 0.6 is 22.9 Å². The second-order valence-electron chi connectivity index (χ2n) is 5.58.